The van der Waals surface area contributed by atoms with Crippen molar-refractivity contribution >= 4 is 5.95 Å². The molecule has 1 aliphatic rings. The molecule has 1 atom stereocenters. The number of halogens is 3. The fourth-order valence-electron chi connectivity index (χ4n) is 2.56. The molecule has 0 N–H and O–H groups in total. The highest BCUT2D eigenvalue weighted by molar-refractivity contribution is 5.35. The highest BCUT2D eigenvalue weighted by atomic mass is 19.4. The molecule has 1 aliphatic heterocycles. The number of morpholine rings is 1. The van der Waals surface area contributed by atoms with Crippen LogP contribution in [0.25, 0.3) is 0 Å². The molecule has 124 valence electrons. The van der Waals surface area contributed by atoms with Gasteiger partial charge >= 0.3 is 6.18 Å². The van der Waals surface area contributed by atoms with Crippen LogP contribution in [0.4, 0.5) is 19.1 Å². The Labute approximate surface area is 127 Å². The Morgan fingerprint density at radius 3 is 2.68 bits per heavy atom. The van der Waals surface area contributed by atoms with E-state index >= 15 is 0 Å². The zero-order chi connectivity index (χ0) is 16.5. The van der Waals surface area contributed by atoms with Crippen molar-refractivity contribution in [1.82, 2.24) is 9.97 Å². The maximum Gasteiger partial charge on any atom is 0.433 e. The van der Waals surface area contributed by atoms with E-state index in [9.17, 15) is 13.2 Å². The van der Waals surface area contributed by atoms with Crippen LogP contribution in [0.5, 0.6) is 0 Å². The van der Waals surface area contributed by atoms with Crippen molar-refractivity contribution < 1.29 is 22.6 Å². The summed E-state index contributed by atoms with van der Waals surface area (Å²) in [5.74, 6) is 0.0739. The van der Waals surface area contributed by atoms with E-state index in [0.717, 1.165) is 6.07 Å². The summed E-state index contributed by atoms with van der Waals surface area (Å²) in [6.07, 6.45) is -4.73. The van der Waals surface area contributed by atoms with E-state index in [1.165, 1.54) is 6.92 Å². The third-order valence-corrected chi connectivity index (χ3v) is 3.25. The van der Waals surface area contributed by atoms with Crippen molar-refractivity contribution in [2.24, 2.45) is 0 Å². The molecule has 0 amide bonds. The van der Waals surface area contributed by atoms with Crippen LogP contribution in [0.1, 0.15) is 25.2 Å². The first kappa shape index (κ1) is 17.0. The number of aromatic nitrogens is 2. The van der Waals surface area contributed by atoms with Gasteiger partial charge in [-0.1, -0.05) is 0 Å². The average molecular weight is 319 g/mol. The van der Waals surface area contributed by atoms with Crippen molar-refractivity contribution in [2.45, 2.75) is 38.7 Å². The Morgan fingerprint density at radius 2 is 2.09 bits per heavy atom. The van der Waals surface area contributed by atoms with Gasteiger partial charge in [0.2, 0.25) is 5.95 Å². The molecule has 2 heterocycles. The van der Waals surface area contributed by atoms with E-state index in [4.69, 9.17) is 9.47 Å². The first-order valence-electron chi connectivity index (χ1n) is 6.95. The minimum absolute atomic E-state index is 0.0739. The van der Waals surface area contributed by atoms with Gasteiger partial charge in [-0.3, -0.25) is 0 Å². The van der Waals surface area contributed by atoms with Gasteiger partial charge in [-0.25, -0.2) is 9.97 Å². The van der Waals surface area contributed by atoms with Crippen molar-refractivity contribution in [3.63, 3.8) is 0 Å². The molecular formula is C14H20F3N3O2. The topological polar surface area (TPSA) is 47.5 Å². The minimum atomic E-state index is -4.49. The van der Waals surface area contributed by atoms with Crippen LogP contribution < -0.4 is 4.90 Å². The SMILES string of the molecule is COC[C@H]1CN(c2nc(C)cc(C(F)(F)F)n2)CC(C)(C)O1. The first-order valence-corrected chi connectivity index (χ1v) is 6.95. The van der Waals surface area contributed by atoms with E-state index in [1.807, 2.05) is 13.8 Å². The predicted molar refractivity (Wildman–Crippen MR) is 74.8 cm³/mol. The van der Waals surface area contributed by atoms with Gasteiger partial charge in [0.1, 0.15) is 5.69 Å². The fourth-order valence-corrected chi connectivity index (χ4v) is 2.56. The van der Waals surface area contributed by atoms with E-state index in [-0.39, 0.29) is 17.7 Å². The largest absolute Gasteiger partial charge is 0.433 e. The molecule has 0 bridgehead atoms. The van der Waals surface area contributed by atoms with E-state index in [2.05, 4.69) is 9.97 Å². The van der Waals surface area contributed by atoms with Gasteiger partial charge in [0.05, 0.1) is 18.3 Å². The Morgan fingerprint density at radius 1 is 1.41 bits per heavy atom. The van der Waals surface area contributed by atoms with Crippen LogP contribution >= 0.6 is 0 Å². The molecule has 0 aliphatic carbocycles. The van der Waals surface area contributed by atoms with E-state index in [0.29, 0.717) is 19.7 Å². The molecule has 1 saturated heterocycles. The lowest BCUT2D eigenvalue weighted by Crippen LogP contribution is -2.54. The summed E-state index contributed by atoms with van der Waals surface area (Å²) in [5, 5.41) is 0. The summed E-state index contributed by atoms with van der Waals surface area (Å²) in [6.45, 7) is 6.44. The molecule has 0 saturated carbocycles. The third-order valence-electron chi connectivity index (χ3n) is 3.25. The van der Waals surface area contributed by atoms with Gasteiger partial charge in [-0.15, -0.1) is 0 Å². The van der Waals surface area contributed by atoms with Gasteiger partial charge in [0.15, 0.2) is 0 Å². The zero-order valence-electron chi connectivity index (χ0n) is 13.1. The summed E-state index contributed by atoms with van der Waals surface area (Å²) in [5.41, 5.74) is -1.17. The molecule has 5 nitrogen and oxygen atoms in total. The second-order valence-electron chi connectivity index (χ2n) is 6.03. The Hall–Kier alpha value is -1.41. The van der Waals surface area contributed by atoms with Gasteiger partial charge in [-0.2, -0.15) is 13.2 Å². The lowest BCUT2D eigenvalue weighted by molar-refractivity contribution is -0.141. The predicted octanol–water partition coefficient (Wildman–Crippen LogP) is 2.43. The minimum Gasteiger partial charge on any atom is -0.382 e. The van der Waals surface area contributed by atoms with E-state index < -0.39 is 17.5 Å². The standard InChI is InChI=1S/C14H20F3N3O2/c1-9-5-11(14(15,16)17)19-12(18-9)20-6-10(7-21-4)22-13(2,3)8-20/h5,10H,6-8H2,1-4H3/t10-/m1/s1. The molecular weight excluding hydrogens is 299 g/mol. The smallest absolute Gasteiger partial charge is 0.382 e. The molecule has 0 radical (unpaired) electrons. The molecule has 0 unspecified atom stereocenters. The summed E-state index contributed by atoms with van der Waals surface area (Å²) in [7, 11) is 1.56. The maximum absolute atomic E-state index is 12.9. The maximum atomic E-state index is 12.9. The monoisotopic (exact) mass is 319 g/mol. The van der Waals surface area contributed by atoms with Gasteiger partial charge in [0.25, 0.3) is 0 Å². The van der Waals surface area contributed by atoms with E-state index in [1.54, 1.807) is 12.0 Å². The van der Waals surface area contributed by atoms with Crippen LogP contribution in [0, 0.1) is 6.92 Å². The highest BCUT2D eigenvalue weighted by Gasteiger charge is 2.37. The number of methoxy groups -OCH3 is 1. The second-order valence-corrected chi connectivity index (χ2v) is 6.03. The lowest BCUT2D eigenvalue weighted by atomic mass is 10.1. The average Bonchev–Trinajstić information content (AvgIpc) is 2.35. The van der Waals surface area contributed by atoms with Crippen molar-refractivity contribution in [1.29, 1.82) is 0 Å². The molecule has 1 fully saturated rings. The van der Waals surface area contributed by atoms with Gasteiger partial charge in [0, 0.05) is 25.9 Å². The van der Waals surface area contributed by atoms with Crippen LogP contribution in [-0.4, -0.2) is 48.5 Å². The first-order chi connectivity index (χ1) is 10.1. The number of rotatable bonds is 3. The number of anilines is 1. The number of ether oxygens (including phenoxy) is 2. The fraction of sp³-hybridized carbons (Fsp3) is 0.714. The third kappa shape index (κ3) is 4.07. The molecule has 8 heteroatoms. The van der Waals surface area contributed by atoms with Crippen LogP contribution in [0.3, 0.4) is 0 Å². The second kappa shape index (κ2) is 6.00. The summed E-state index contributed by atoms with van der Waals surface area (Å²) >= 11 is 0. The Balaban J connectivity index is 2.31. The van der Waals surface area contributed by atoms with Crippen LogP contribution in [-0.2, 0) is 15.7 Å². The van der Waals surface area contributed by atoms with Crippen LogP contribution in [0.15, 0.2) is 6.07 Å². The number of aryl methyl sites for hydroxylation is 1. The summed E-state index contributed by atoms with van der Waals surface area (Å²) < 4.78 is 49.7. The Bertz CT molecular complexity index is 535. The van der Waals surface area contributed by atoms with Crippen molar-refractivity contribution in [3.8, 4) is 0 Å². The molecule has 0 aromatic carbocycles. The quantitative estimate of drug-likeness (QED) is 0.856. The van der Waals surface area contributed by atoms with Crippen LogP contribution in [0.2, 0.25) is 0 Å². The molecule has 0 spiro atoms. The number of hydrogen-bond donors (Lipinski definition) is 0. The number of alkyl halides is 3. The number of hydrogen-bond acceptors (Lipinski definition) is 5. The van der Waals surface area contributed by atoms with Gasteiger partial charge < -0.3 is 14.4 Å². The normalized spacial score (nSPS) is 22.0. The van der Waals surface area contributed by atoms with Crippen molar-refractivity contribution in [3.05, 3.63) is 17.5 Å². The lowest BCUT2D eigenvalue weighted by Gasteiger charge is -2.42. The van der Waals surface area contributed by atoms with Gasteiger partial charge in [-0.05, 0) is 26.8 Å². The summed E-state index contributed by atoms with van der Waals surface area (Å²) in [4.78, 5) is 9.55. The van der Waals surface area contributed by atoms with Crippen molar-refractivity contribution in [2.75, 3.05) is 31.7 Å². The summed E-state index contributed by atoms with van der Waals surface area (Å²) in [6, 6.07) is 0.946. The molecule has 1 aromatic rings. The Kier molecular flexibility index (Phi) is 4.62. The zero-order valence-corrected chi connectivity index (χ0v) is 13.1. The highest BCUT2D eigenvalue weighted by Crippen LogP contribution is 2.30. The molecule has 22 heavy (non-hydrogen) atoms. The number of nitrogens with zero attached hydrogens (tertiary/aromatic N) is 3. The molecule has 2 rings (SSSR count). The molecule has 1 aromatic heterocycles.